The SMILES string of the molecule is CC1CN(C)CCCN1C(CN)c1cccnc1. The molecule has 2 rings (SSSR count). The molecule has 4 heteroatoms. The summed E-state index contributed by atoms with van der Waals surface area (Å²) in [7, 11) is 2.20. The second kappa shape index (κ2) is 6.27. The van der Waals surface area contributed by atoms with Crippen molar-refractivity contribution in [1.29, 1.82) is 0 Å². The van der Waals surface area contributed by atoms with Crippen LogP contribution in [0.5, 0.6) is 0 Å². The van der Waals surface area contributed by atoms with Crippen LogP contribution in [0.15, 0.2) is 24.5 Å². The van der Waals surface area contributed by atoms with Crippen molar-refractivity contribution in [3.05, 3.63) is 30.1 Å². The third-order valence-electron chi connectivity index (χ3n) is 3.79. The van der Waals surface area contributed by atoms with Crippen molar-refractivity contribution in [1.82, 2.24) is 14.8 Å². The van der Waals surface area contributed by atoms with Gasteiger partial charge in [-0.15, -0.1) is 0 Å². The maximum absolute atomic E-state index is 6.00. The van der Waals surface area contributed by atoms with E-state index in [0.717, 1.165) is 13.1 Å². The third kappa shape index (κ3) is 3.07. The zero-order valence-electron chi connectivity index (χ0n) is 11.4. The summed E-state index contributed by atoms with van der Waals surface area (Å²) in [6.07, 6.45) is 4.97. The highest BCUT2D eigenvalue weighted by molar-refractivity contribution is 5.15. The summed E-state index contributed by atoms with van der Waals surface area (Å²) in [6.45, 7) is 6.34. The van der Waals surface area contributed by atoms with E-state index in [0.29, 0.717) is 18.6 Å². The molecule has 1 aliphatic rings. The molecule has 0 saturated carbocycles. The summed E-state index contributed by atoms with van der Waals surface area (Å²) >= 11 is 0. The molecule has 0 amide bonds. The summed E-state index contributed by atoms with van der Waals surface area (Å²) in [5, 5.41) is 0. The normalized spacial score (nSPS) is 24.7. The van der Waals surface area contributed by atoms with Crippen LogP contribution in [-0.2, 0) is 0 Å². The Kier molecular flexibility index (Phi) is 4.69. The number of hydrogen-bond donors (Lipinski definition) is 1. The van der Waals surface area contributed by atoms with Crippen LogP contribution >= 0.6 is 0 Å². The van der Waals surface area contributed by atoms with E-state index in [-0.39, 0.29) is 0 Å². The minimum atomic E-state index is 0.292. The molecule has 0 aliphatic carbocycles. The highest BCUT2D eigenvalue weighted by Crippen LogP contribution is 2.23. The molecule has 1 aromatic heterocycles. The van der Waals surface area contributed by atoms with Crippen molar-refractivity contribution in [3.8, 4) is 0 Å². The van der Waals surface area contributed by atoms with Crippen LogP contribution in [0, 0.1) is 0 Å². The summed E-state index contributed by atoms with van der Waals surface area (Å²) in [5.74, 6) is 0. The number of aromatic nitrogens is 1. The molecule has 1 fully saturated rings. The van der Waals surface area contributed by atoms with Crippen molar-refractivity contribution in [3.63, 3.8) is 0 Å². The van der Waals surface area contributed by atoms with E-state index in [9.17, 15) is 0 Å². The predicted octanol–water partition coefficient (Wildman–Crippen LogP) is 1.11. The van der Waals surface area contributed by atoms with Gasteiger partial charge in [0.2, 0.25) is 0 Å². The molecule has 2 N–H and O–H groups in total. The van der Waals surface area contributed by atoms with Crippen LogP contribution in [0.3, 0.4) is 0 Å². The average Bonchev–Trinajstić information content (AvgIpc) is 2.54. The number of pyridine rings is 1. The summed E-state index contributed by atoms with van der Waals surface area (Å²) < 4.78 is 0. The zero-order chi connectivity index (χ0) is 13.0. The fourth-order valence-corrected chi connectivity index (χ4v) is 2.89. The van der Waals surface area contributed by atoms with Crippen LogP contribution in [0.1, 0.15) is 24.9 Å². The Morgan fingerprint density at radius 2 is 2.33 bits per heavy atom. The lowest BCUT2D eigenvalue weighted by Gasteiger charge is -2.35. The minimum absolute atomic E-state index is 0.292. The summed E-state index contributed by atoms with van der Waals surface area (Å²) in [4.78, 5) is 9.15. The summed E-state index contributed by atoms with van der Waals surface area (Å²) in [6, 6.07) is 4.95. The van der Waals surface area contributed by atoms with Gasteiger partial charge in [-0.3, -0.25) is 9.88 Å². The number of hydrogen-bond acceptors (Lipinski definition) is 4. The van der Waals surface area contributed by atoms with E-state index < -0.39 is 0 Å². The Morgan fingerprint density at radius 3 is 3.00 bits per heavy atom. The van der Waals surface area contributed by atoms with Crippen LogP contribution in [0.25, 0.3) is 0 Å². The highest BCUT2D eigenvalue weighted by atomic mass is 15.3. The Hall–Kier alpha value is -0.970. The molecule has 2 unspecified atom stereocenters. The molecule has 0 aromatic carbocycles. The molecule has 1 saturated heterocycles. The maximum atomic E-state index is 6.00. The topological polar surface area (TPSA) is 45.4 Å². The van der Waals surface area contributed by atoms with E-state index in [1.54, 1.807) is 0 Å². The molecule has 0 radical (unpaired) electrons. The molecule has 2 heterocycles. The van der Waals surface area contributed by atoms with Crippen molar-refractivity contribution in [2.45, 2.75) is 25.4 Å². The van der Waals surface area contributed by atoms with Gasteiger partial charge in [0.25, 0.3) is 0 Å². The van der Waals surface area contributed by atoms with Crippen molar-refractivity contribution >= 4 is 0 Å². The second-order valence-electron chi connectivity index (χ2n) is 5.24. The van der Waals surface area contributed by atoms with Crippen molar-refractivity contribution < 1.29 is 0 Å². The number of nitrogens with two attached hydrogens (primary N) is 1. The Morgan fingerprint density at radius 1 is 1.50 bits per heavy atom. The molecule has 2 atom stereocenters. The Bertz CT molecular complexity index is 354. The van der Waals surface area contributed by atoms with E-state index in [1.165, 1.54) is 18.5 Å². The van der Waals surface area contributed by atoms with Gasteiger partial charge in [0.05, 0.1) is 0 Å². The predicted molar refractivity (Wildman–Crippen MR) is 74.3 cm³/mol. The molecule has 4 nitrogen and oxygen atoms in total. The second-order valence-corrected chi connectivity index (χ2v) is 5.24. The maximum Gasteiger partial charge on any atom is 0.0489 e. The van der Waals surface area contributed by atoms with Crippen LogP contribution < -0.4 is 5.73 Å². The first-order chi connectivity index (χ1) is 8.72. The van der Waals surface area contributed by atoms with Gasteiger partial charge in [-0.25, -0.2) is 0 Å². The Labute approximate surface area is 110 Å². The van der Waals surface area contributed by atoms with Crippen LogP contribution in [0.4, 0.5) is 0 Å². The number of nitrogens with zero attached hydrogens (tertiary/aromatic N) is 3. The first-order valence-electron chi connectivity index (χ1n) is 6.76. The molecule has 1 aliphatic heterocycles. The average molecular weight is 248 g/mol. The quantitative estimate of drug-likeness (QED) is 0.870. The standard InChI is InChI=1S/C14H24N4/c1-12-11-17(2)7-4-8-18(12)14(9-15)13-5-3-6-16-10-13/h3,5-6,10,12,14H,4,7-9,11,15H2,1-2H3. The van der Waals surface area contributed by atoms with E-state index in [4.69, 9.17) is 5.73 Å². The third-order valence-corrected chi connectivity index (χ3v) is 3.79. The molecule has 0 spiro atoms. The van der Waals surface area contributed by atoms with Gasteiger partial charge in [0.1, 0.15) is 0 Å². The smallest absolute Gasteiger partial charge is 0.0489 e. The molecule has 18 heavy (non-hydrogen) atoms. The first-order valence-corrected chi connectivity index (χ1v) is 6.76. The van der Waals surface area contributed by atoms with E-state index in [1.807, 2.05) is 18.5 Å². The first kappa shape index (κ1) is 13.5. The molecular weight excluding hydrogens is 224 g/mol. The van der Waals surface area contributed by atoms with Gasteiger partial charge < -0.3 is 10.6 Å². The largest absolute Gasteiger partial charge is 0.329 e. The fraction of sp³-hybridized carbons (Fsp3) is 0.643. The lowest BCUT2D eigenvalue weighted by Crippen LogP contribution is -2.42. The van der Waals surface area contributed by atoms with E-state index >= 15 is 0 Å². The van der Waals surface area contributed by atoms with Gasteiger partial charge in [-0.1, -0.05) is 6.07 Å². The Balaban J connectivity index is 2.16. The number of likely N-dealkylation sites (N-methyl/N-ethyl adjacent to an activating group) is 1. The molecule has 0 bridgehead atoms. The monoisotopic (exact) mass is 248 g/mol. The lowest BCUT2D eigenvalue weighted by atomic mass is 10.1. The zero-order valence-corrected chi connectivity index (χ0v) is 11.4. The lowest BCUT2D eigenvalue weighted by molar-refractivity contribution is 0.146. The molecule has 1 aromatic rings. The highest BCUT2D eigenvalue weighted by Gasteiger charge is 2.26. The van der Waals surface area contributed by atoms with Crippen LogP contribution in [0.2, 0.25) is 0 Å². The number of rotatable bonds is 3. The van der Waals surface area contributed by atoms with Gasteiger partial charge in [-0.2, -0.15) is 0 Å². The van der Waals surface area contributed by atoms with Crippen LogP contribution in [-0.4, -0.2) is 54.1 Å². The van der Waals surface area contributed by atoms with Gasteiger partial charge in [0, 0.05) is 44.1 Å². The fourth-order valence-electron chi connectivity index (χ4n) is 2.89. The minimum Gasteiger partial charge on any atom is -0.329 e. The van der Waals surface area contributed by atoms with E-state index in [2.05, 4.69) is 34.8 Å². The van der Waals surface area contributed by atoms with Gasteiger partial charge in [0.15, 0.2) is 0 Å². The molecule has 100 valence electrons. The van der Waals surface area contributed by atoms with Gasteiger partial charge in [-0.05, 0) is 38.6 Å². The molecular formula is C14H24N4. The summed E-state index contributed by atoms with van der Waals surface area (Å²) in [5.41, 5.74) is 7.23. The van der Waals surface area contributed by atoms with Crippen molar-refractivity contribution in [2.75, 3.05) is 33.2 Å². The van der Waals surface area contributed by atoms with Crippen molar-refractivity contribution in [2.24, 2.45) is 5.73 Å². The van der Waals surface area contributed by atoms with Gasteiger partial charge >= 0.3 is 0 Å².